The molecule has 1 aliphatic rings. The Morgan fingerprint density at radius 1 is 1.26 bits per heavy atom. The van der Waals surface area contributed by atoms with E-state index in [4.69, 9.17) is 0 Å². The van der Waals surface area contributed by atoms with Crippen LogP contribution in [0.4, 0.5) is 10.1 Å². The van der Waals surface area contributed by atoms with Crippen molar-refractivity contribution in [3.63, 3.8) is 0 Å². The second kappa shape index (κ2) is 6.18. The summed E-state index contributed by atoms with van der Waals surface area (Å²) < 4.78 is 13.9. The number of para-hydroxylation sites is 1. The van der Waals surface area contributed by atoms with Crippen LogP contribution in [0.2, 0.25) is 0 Å². The largest absolute Gasteiger partial charge is 0.368 e. The van der Waals surface area contributed by atoms with Gasteiger partial charge < -0.3 is 9.69 Å². The van der Waals surface area contributed by atoms with E-state index in [0.717, 1.165) is 38.5 Å². The molecule has 2 nitrogen and oxygen atoms in total. The molecule has 0 aliphatic heterocycles. The van der Waals surface area contributed by atoms with Crippen molar-refractivity contribution >= 4 is 12.0 Å². The van der Waals surface area contributed by atoms with Crippen LogP contribution in [0.5, 0.6) is 0 Å². The molecule has 0 N–H and O–H groups in total. The zero-order valence-electron chi connectivity index (χ0n) is 11.6. The van der Waals surface area contributed by atoms with Crippen molar-refractivity contribution in [2.24, 2.45) is 5.41 Å². The van der Waals surface area contributed by atoms with Gasteiger partial charge in [0, 0.05) is 18.5 Å². The van der Waals surface area contributed by atoms with E-state index in [9.17, 15) is 9.18 Å². The highest BCUT2D eigenvalue weighted by Crippen LogP contribution is 2.36. The van der Waals surface area contributed by atoms with E-state index in [1.54, 1.807) is 12.1 Å². The van der Waals surface area contributed by atoms with Crippen molar-refractivity contribution in [2.75, 3.05) is 18.0 Å². The number of anilines is 1. The molecule has 0 spiro atoms. The summed E-state index contributed by atoms with van der Waals surface area (Å²) in [4.78, 5) is 13.5. The van der Waals surface area contributed by atoms with Gasteiger partial charge in [0.15, 0.2) is 0 Å². The predicted octanol–water partition coefficient (Wildman–Crippen LogP) is 3.80. The van der Waals surface area contributed by atoms with Gasteiger partial charge in [-0.05, 0) is 31.9 Å². The van der Waals surface area contributed by atoms with Gasteiger partial charge in [-0.2, -0.15) is 0 Å². The molecule has 0 aromatic heterocycles. The monoisotopic (exact) mass is 263 g/mol. The summed E-state index contributed by atoms with van der Waals surface area (Å²) >= 11 is 0. The number of carbonyl (C=O) groups is 1. The van der Waals surface area contributed by atoms with Crippen LogP contribution < -0.4 is 4.90 Å². The first-order valence-corrected chi connectivity index (χ1v) is 7.16. The minimum absolute atomic E-state index is 0.207. The van der Waals surface area contributed by atoms with Gasteiger partial charge in [0.25, 0.3) is 0 Å². The van der Waals surface area contributed by atoms with Crippen molar-refractivity contribution in [3.8, 4) is 0 Å². The van der Waals surface area contributed by atoms with Crippen molar-refractivity contribution in [1.29, 1.82) is 0 Å². The first-order chi connectivity index (χ1) is 9.21. The Kier molecular flexibility index (Phi) is 4.56. The summed E-state index contributed by atoms with van der Waals surface area (Å²) in [6.07, 6.45) is 6.39. The quantitative estimate of drug-likeness (QED) is 0.753. The molecule has 0 heterocycles. The molecular weight excluding hydrogens is 241 g/mol. The highest BCUT2D eigenvalue weighted by molar-refractivity contribution is 5.62. The van der Waals surface area contributed by atoms with Crippen molar-refractivity contribution in [1.82, 2.24) is 0 Å². The highest BCUT2D eigenvalue weighted by atomic mass is 19.1. The molecule has 0 unspecified atom stereocenters. The minimum Gasteiger partial charge on any atom is -0.368 e. The summed E-state index contributed by atoms with van der Waals surface area (Å²) in [5, 5.41) is 0. The molecule has 1 saturated carbocycles. The van der Waals surface area contributed by atoms with E-state index in [0.29, 0.717) is 12.2 Å². The van der Waals surface area contributed by atoms with Crippen LogP contribution in [0.25, 0.3) is 0 Å². The first kappa shape index (κ1) is 14.0. The third kappa shape index (κ3) is 3.14. The van der Waals surface area contributed by atoms with Gasteiger partial charge >= 0.3 is 0 Å². The average Bonchev–Trinajstić information content (AvgIpc) is 2.47. The summed E-state index contributed by atoms with van der Waals surface area (Å²) in [7, 11) is 0. The first-order valence-electron chi connectivity index (χ1n) is 7.16. The van der Waals surface area contributed by atoms with E-state index < -0.39 is 0 Å². The Bertz CT molecular complexity index is 427. The molecule has 3 heteroatoms. The fourth-order valence-electron chi connectivity index (χ4n) is 3.02. The fraction of sp³-hybridized carbons (Fsp3) is 0.562. The third-order valence-corrected chi connectivity index (χ3v) is 4.18. The summed E-state index contributed by atoms with van der Waals surface area (Å²) in [5.41, 5.74) is 0.327. The molecule has 0 amide bonds. The maximum atomic E-state index is 13.9. The number of aldehydes is 1. The number of benzene rings is 1. The smallest absolute Gasteiger partial charge is 0.146 e. The van der Waals surface area contributed by atoms with Gasteiger partial charge in [-0.3, -0.25) is 0 Å². The Morgan fingerprint density at radius 2 is 1.95 bits per heavy atom. The molecule has 0 bridgehead atoms. The Morgan fingerprint density at radius 3 is 2.53 bits per heavy atom. The molecule has 0 radical (unpaired) electrons. The summed E-state index contributed by atoms with van der Waals surface area (Å²) in [6.45, 7) is 3.36. The Labute approximate surface area is 114 Å². The number of rotatable bonds is 5. The van der Waals surface area contributed by atoms with Gasteiger partial charge in [-0.25, -0.2) is 4.39 Å². The van der Waals surface area contributed by atoms with Crippen molar-refractivity contribution < 1.29 is 9.18 Å². The Balaban J connectivity index is 2.18. The molecule has 0 saturated heterocycles. The molecule has 1 aliphatic carbocycles. The lowest BCUT2D eigenvalue weighted by Crippen LogP contribution is -2.40. The van der Waals surface area contributed by atoms with Crippen molar-refractivity contribution in [3.05, 3.63) is 30.1 Å². The maximum absolute atomic E-state index is 13.9. The normalized spacial score (nSPS) is 18.0. The molecule has 2 rings (SSSR count). The maximum Gasteiger partial charge on any atom is 0.146 e. The minimum atomic E-state index is -0.281. The zero-order chi connectivity index (χ0) is 13.7. The van der Waals surface area contributed by atoms with Gasteiger partial charge in [-0.15, -0.1) is 0 Å². The molecule has 0 atom stereocenters. The average molecular weight is 263 g/mol. The molecule has 1 aromatic rings. The molecule has 19 heavy (non-hydrogen) atoms. The van der Waals surface area contributed by atoms with Crippen LogP contribution in [-0.2, 0) is 4.79 Å². The molecular formula is C16H22FNO. The standard InChI is InChI=1S/C16H22FNO/c1-2-18(15-9-5-4-8-14(15)17)12-16(13-19)10-6-3-7-11-16/h4-5,8-9,13H,2-3,6-7,10-12H2,1H3. The van der Waals surface area contributed by atoms with Gasteiger partial charge in [0.1, 0.15) is 12.1 Å². The number of hydrogen-bond acceptors (Lipinski definition) is 2. The number of hydrogen-bond donors (Lipinski definition) is 0. The van der Waals surface area contributed by atoms with Gasteiger partial charge in [0.05, 0.1) is 5.69 Å². The van der Waals surface area contributed by atoms with Gasteiger partial charge in [-0.1, -0.05) is 31.4 Å². The van der Waals surface area contributed by atoms with E-state index in [2.05, 4.69) is 0 Å². The molecule has 1 fully saturated rings. The lowest BCUT2D eigenvalue weighted by molar-refractivity contribution is -0.117. The van der Waals surface area contributed by atoms with Crippen LogP contribution in [-0.4, -0.2) is 19.4 Å². The van der Waals surface area contributed by atoms with E-state index in [-0.39, 0.29) is 11.2 Å². The van der Waals surface area contributed by atoms with E-state index >= 15 is 0 Å². The van der Waals surface area contributed by atoms with Crippen LogP contribution in [0.3, 0.4) is 0 Å². The zero-order valence-corrected chi connectivity index (χ0v) is 11.6. The molecule has 104 valence electrons. The SMILES string of the molecule is CCN(CC1(C=O)CCCCC1)c1ccccc1F. The second-order valence-corrected chi connectivity index (χ2v) is 5.51. The van der Waals surface area contributed by atoms with Crippen LogP contribution in [0.1, 0.15) is 39.0 Å². The predicted molar refractivity (Wildman–Crippen MR) is 75.9 cm³/mol. The topological polar surface area (TPSA) is 20.3 Å². The van der Waals surface area contributed by atoms with Crippen LogP contribution in [0.15, 0.2) is 24.3 Å². The molecule has 1 aromatic carbocycles. The third-order valence-electron chi connectivity index (χ3n) is 4.18. The highest BCUT2D eigenvalue weighted by Gasteiger charge is 2.33. The van der Waals surface area contributed by atoms with Crippen molar-refractivity contribution in [2.45, 2.75) is 39.0 Å². The lowest BCUT2D eigenvalue weighted by atomic mass is 9.75. The van der Waals surface area contributed by atoms with Crippen LogP contribution >= 0.6 is 0 Å². The van der Waals surface area contributed by atoms with Gasteiger partial charge in [0.2, 0.25) is 0 Å². The Hall–Kier alpha value is -1.38. The number of carbonyl (C=O) groups excluding carboxylic acids is 1. The second-order valence-electron chi connectivity index (χ2n) is 5.51. The van der Waals surface area contributed by atoms with E-state index in [1.807, 2.05) is 17.9 Å². The fourth-order valence-corrected chi connectivity index (χ4v) is 3.02. The number of nitrogens with zero attached hydrogens (tertiary/aromatic N) is 1. The summed E-state index contributed by atoms with van der Waals surface area (Å²) in [5.74, 6) is -0.207. The van der Waals surface area contributed by atoms with Crippen LogP contribution in [0, 0.1) is 11.2 Å². The van der Waals surface area contributed by atoms with E-state index in [1.165, 1.54) is 12.5 Å². The summed E-state index contributed by atoms with van der Waals surface area (Å²) in [6, 6.07) is 6.81. The number of halogens is 1. The lowest BCUT2D eigenvalue weighted by Gasteiger charge is -2.37.